The fourth-order valence-electron chi connectivity index (χ4n) is 1.91. The number of rotatable bonds is 3. The molecule has 0 fully saturated rings. The first-order chi connectivity index (χ1) is 9.30. The fraction of sp³-hybridized carbons (Fsp3) is 0.308. The summed E-state index contributed by atoms with van der Waals surface area (Å²) in [6.45, 7) is 1.48. The van der Waals surface area contributed by atoms with Crippen LogP contribution in [0.2, 0.25) is 0 Å². The molecule has 1 aromatic heterocycles. The Morgan fingerprint density at radius 2 is 2.05 bits per heavy atom. The summed E-state index contributed by atoms with van der Waals surface area (Å²) in [5.41, 5.74) is -0.750. The van der Waals surface area contributed by atoms with Crippen LogP contribution in [0.1, 0.15) is 18.2 Å². The van der Waals surface area contributed by atoms with Crippen LogP contribution in [0.25, 0.3) is 10.9 Å². The molecule has 1 heterocycles. The van der Waals surface area contributed by atoms with Crippen LogP contribution >= 0.6 is 0 Å². The van der Waals surface area contributed by atoms with E-state index in [1.165, 1.54) is 19.1 Å². The molecule has 0 saturated heterocycles. The number of carboxylic acids is 1. The third kappa shape index (κ3) is 2.71. The Kier molecular flexibility index (Phi) is 3.61. The lowest BCUT2D eigenvalue weighted by atomic mass is 10.0. The van der Waals surface area contributed by atoms with Crippen molar-refractivity contribution < 1.29 is 23.1 Å². The van der Waals surface area contributed by atoms with Crippen molar-refractivity contribution >= 4 is 16.9 Å². The van der Waals surface area contributed by atoms with Gasteiger partial charge in [0.15, 0.2) is 0 Å². The van der Waals surface area contributed by atoms with Gasteiger partial charge >= 0.3 is 12.1 Å². The smallest absolute Gasteiger partial charge is 0.418 e. The zero-order valence-electron chi connectivity index (χ0n) is 10.5. The van der Waals surface area contributed by atoms with Gasteiger partial charge in [0.25, 0.3) is 0 Å². The summed E-state index contributed by atoms with van der Waals surface area (Å²) < 4.78 is 38.7. The maximum atomic E-state index is 12.9. The topological polar surface area (TPSA) is 63.1 Å². The van der Waals surface area contributed by atoms with Crippen LogP contribution in [-0.4, -0.2) is 21.0 Å². The highest BCUT2D eigenvalue weighted by Crippen LogP contribution is 2.34. The number of nitrogens with zero attached hydrogens (tertiary/aromatic N) is 2. The Morgan fingerprint density at radius 1 is 1.35 bits per heavy atom. The molecular weight excluding hydrogens is 273 g/mol. The minimum Gasteiger partial charge on any atom is -0.481 e. The zero-order valence-corrected chi connectivity index (χ0v) is 10.5. The number of fused-ring (bicyclic) bond motifs is 1. The Balaban J connectivity index is 2.57. The molecule has 0 aliphatic carbocycles. The predicted octanol–water partition coefficient (Wildman–Crippen LogP) is 2.91. The van der Waals surface area contributed by atoms with Gasteiger partial charge in [-0.1, -0.05) is 19.1 Å². The highest BCUT2D eigenvalue weighted by molar-refractivity contribution is 5.84. The van der Waals surface area contributed by atoms with Gasteiger partial charge in [-0.15, -0.1) is 0 Å². The van der Waals surface area contributed by atoms with Gasteiger partial charge in [0.1, 0.15) is 6.33 Å². The van der Waals surface area contributed by atoms with E-state index in [2.05, 4.69) is 9.97 Å². The molecule has 1 aromatic carbocycles. The van der Waals surface area contributed by atoms with Crippen LogP contribution in [0, 0.1) is 5.92 Å². The summed E-state index contributed by atoms with van der Waals surface area (Å²) in [5, 5.41) is 9.11. The van der Waals surface area contributed by atoms with Crippen LogP contribution < -0.4 is 0 Å². The van der Waals surface area contributed by atoms with Crippen LogP contribution in [0.5, 0.6) is 0 Å². The van der Waals surface area contributed by atoms with Crippen LogP contribution in [0.15, 0.2) is 24.5 Å². The molecule has 2 aromatic rings. The quantitative estimate of drug-likeness (QED) is 0.941. The summed E-state index contributed by atoms with van der Waals surface area (Å²) in [7, 11) is 0. The van der Waals surface area contributed by atoms with E-state index in [4.69, 9.17) is 5.11 Å². The lowest BCUT2D eigenvalue weighted by molar-refractivity contribution is -0.141. The number of hydrogen-bond donors (Lipinski definition) is 1. The summed E-state index contributed by atoms with van der Waals surface area (Å²) >= 11 is 0. The molecule has 106 valence electrons. The Morgan fingerprint density at radius 3 is 2.65 bits per heavy atom. The van der Waals surface area contributed by atoms with Gasteiger partial charge in [0.05, 0.1) is 22.7 Å². The second kappa shape index (κ2) is 5.07. The van der Waals surface area contributed by atoms with Crippen molar-refractivity contribution in [2.75, 3.05) is 0 Å². The van der Waals surface area contributed by atoms with Crippen molar-refractivity contribution in [1.82, 2.24) is 9.97 Å². The number of carboxylic acid groups (broad SMARTS) is 1. The monoisotopic (exact) mass is 284 g/mol. The van der Waals surface area contributed by atoms with Crippen molar-refractivity contribution in [1.29, 1.82) is 0 Å². The van der Waals surface area contributed by atoms with Crippen LogP contribution in [0.3, 0.4) is 0 Å². The molecule has 0 amide bonds. The molecule has 1 atom stereocenters. The highest BCUT2D eigenvalue weighted by atomic mass is 19.4. The SMILES string of the molecule is CC(Cc1ncnc2c(C(F)(F)F)cccc12)C(=O)O. The van der Waals surface area contributed by atoms with Crippen molar-refractivity contribution in [2.24, 2.45) is 5.92 Å². The number of halogens is 3. The minimum absolute atomic E-state index is 0.0513. The second-order valence-corrected chi connectivity index (χ2v) is 4.46. The largest absolute Gasteiger partial charge is 0.481 e. The van der Waals surface area contributed by atoms with Crippen molar-refractivity contribution in [3.63, 3.8) is 0 Å². The second-order valence-electron chi connectivity index (χ2n) is 4.46. The number of benzene rings is 1. The third-order valence-corrected chi connectivity index (χ3v) is 2.97. The molecule has 0 aliphatic rings. The van der Waals surface area contributed by atoms with Gasteiger partial charge in [0, 0.05) is 11.8 Å². The first-order valence-corrected chi connectivity index (χ1v) is 5.83. The molecule has 20 heavy (non-hydrogen) atoms. The van der Waals surface area contributed by atoms with Gasteiger partial charge < -0.3 is 5.11 Å². The minimum atomic E-state index is -4.51. The summed E-state index contributed by atoms with van der Waals surface area (Å²) in [6, 6.07) is 3.68. The fourth-order valence-corrected chi connectivity index (χ4v) is 1.91. The lowest BCUT2D eigenvalue weighted by Gasteiger charge is -2.12. The van der Waals surface area contributed by atoms with Gasteiger partial charge in [-0.25, -0.2) is 9.97 Å². The Hall–Kier alpha value is -2.18. The van der Waals surface area contributed by atoms with Gasteiger partial charge in [-0.2, -0.15) is 13.2 Å². The van der Waals surface area contributed by atoms with E-state index in [1.807, 2.05) is 0 Å². The molecule has 1 unspecified atom stereocenters. The van der Waals surface area contributed by atoms with E-state index >= 15 is 0 Å². The van der Waals surface area contributed by atoms with Gasteiger partial charge in [-0.3, -0.25) is 4.79 Å². The third-order valence-electron chi connectivity index (χ3n) is 2.97. The Bertz CT molecular complexity index is 656. The van der Waals surface area contributed by atoms with E-state index in [9.17, 15) is 18.0 Å². The number of para-hydroxylation sites is 1. The predicted molar refractivity (Wildman–Crippen MR) is 65.0 cm³/mol. The lowest BCUT2D eigenvalue weighted by Crippen LogP contribution is -2.14. The molecule has 4 nitrogen and oxygen atoms in total. The van der Waals surface area contributed by atoms with E-state index in [-0.39, 0.29) is 17.3 Å². The average molecular weight is 284 g/mol. The molecule has 0 radical (unpaired) electrons. The first-order valence-electron chi connectivity index (χ1n) is 5.83. The number of aromatic nitrogens is 2. The summed E-state index contributed by atoms with van der Waals surface area (Å²) in [4.78, 5) is 18.4. The highest BCUT2D eigenvalue weighted by Gasteiger charge is 2.33. The normalized spacial score (nSPS) is 13.4. The molecule has 0 spiro atoms. The number of hydrogen-bond acceptors (Lipinski definition) is 3. The van der Waals surface area contributed by atoms with Crippen molar-refractivity contribution in [3.05, 3.63) is 35.8 Å². The number of carbonyl (C=O) groups is 1. The maximum absolute atomic E-state index is 12.9. The van der Waals surface area contributed by atoms with Crippen LogP contribution in [0.4, 0.5) is 13.2 Å². The average Bonchev–Trinajstić information content (AvgIpc) is 2.37. The maximum Gasteiger partial charge on any atom is 0.418 e. The summed E-state index contributed by atoms with van der Waals surface area (Å²) in [6.07, 6.45) is -3.43. The molecule has 0 bridgehead atoms. The number of aliphatic carboxylic acids is 1. The number of alkyl halides is 3. The molecule has 0 saturated carbocycles. The van der Waals surface area contributed by atoms with Crippen molar-refractivity contribution in [3.8, 4) is 0 Å². The first kappa shape index (κ1) is 14.2. The van der Waals surface area contributed by atoms with Gasteiger partial charge in [-0.05, 0) is 6.07 Å². The molecule has 2 rings (SSSR count). The van der Waals surface area contributed by atoms with E-state index in [0.717, 1.165) is 12.4 Å². The molecular formula is C13H11F3N2O2. The molecule has 1 N–H and O–H groups in total. The molecule has 0 aliphatic heterocycles. The standard InChI is InChI=1S/C13H11F3N2O2/c1-7(12(19)20)5-10-8-3-2-4-9(13(14,15)16)11(8)18-6-17-10/h2-4,6-7H,5H2,1H3,(H,19,20). The molecule has 7 heteroatoms. The van der Waals surface area contributed by atoms with E-state index in [0.29, 0.717) is 5.69 Å². The van der Waals surface area contributed by atoms with Gasteiger partial charge in [0.2, 0.25) is 0 Å². The zero-order chi connectivity index (χ0) is 14.9. The van der Waals surface area contributed by atoms with Crippen LogP contribution in [-0.2, 0) is 17.4 Å². The summed E-state index contributed by atoms with van der Waals surface area (Å²) in [5.74, 6) is -1.76. The Labute approximate surface area is 112 Å². The van der Waals surface area contributed by atoms with E-state index in [1.54, 1.807) is 0 Å². The van der Waals surface area contributed by atoms with E-state index < -0.39 is 23.6 Å². The van der Waals surface area contributed by atoms with Crippen molar-refractivity contribution in [2.45, 2.75) is 19.5 Å².